The molecule has 0 unspecified atom stereocenters. The average Bonchev–Trinajstić information content (AvgIpc) is 3.10. The van der Waals surface area contributed by atoms with Crippen molar-refractivity contribution in [2.45, 2.75) is 0 Å². The molecule has 2 rings (SSSR count). The molecular weight excluding hydrogens is 282 g/mol. The summed E-state index contributed by atoms with van der Waals surface area (Å²) in [5, 5.41) is 0. The molecule has 0 aliphatic carbocycles. The van der Waals surface area contributed by atoms with E-state index < -0.39 is 0 Å². The van der Waals surface area contributed by atoms with Gasteiger partial charge >= 0.3 is 0 Å². The first-order valence-corrected chi connectivity index (χ1v) is 7.42. The lowest BCUT2D eigenvalue weighted by Crippen LogP contribution is -1.96. The third-order valence-corrected chi connectivity index (χ3v) is 2.81. The summed E-state index contributed by atoms with van der Waals surface area (Å²) in [6.07, 6.45) is 31.2. The summed E-state index contributed by atoms with van der Waals surface area (Å²) < 4.78 is 0. The van der Waals surface area contributed by atoms with Crippen molar-refractivity contribution in [3.05, 3.63) is 109 Å². The van der Waals surface area contributed by atoms with Crippen LogP contribution in [0.25, 0.3) is 12.2 Å². The molecule has 0 saturated heterocycles. The second kappa shape index (κ2) is 10.5. The van der Waals surface area contributed by atoms with Gasteiger partial charge in [-0.1, -0.05) is 66.8 Å². The molecule has 0 aliphatic rings. The fourth-order valence-corrected chi connectivity index (χ4v) is 1.71. The van der Waals surface area contributed by atoms with Crippen LogP contribution in [0.5, 0.6) is 0 Å². The smallest absolute Gasteiger partial charge is 0.167 e. The maximum atomic E-state index is 4.10. The van der Waals surface area contributed by atoms with E-state index in [0.29, 0.717) is 0 Å². The topological polar surface area (TPSA) is 42.8 Å². The highest BCUT2D eigenvalue weighted by Gasteiger charge is 1.84. The minimum Gasteiger partial charge on any atom is -0.345 e. The van der Waals surface area contributed by atoms with Gasteiger partial charge in [-0.15, -0.1) is 0 Å². The Labute approximate surface area is 136 Å². The molecule has 0 saturated carbocycles. The third-order valence-electron chi connectivity index (χ3n) is 2.81. The Morgan fingerprint density at radius 2 is 1.30 bits per heavy atom. The molecule has 3 nitrogen and oxygen atoms in total. The van der Waals surface area contributed by atoms with E-state index in [1.54, 1.807) is 12.4 Å². The van der Waals surface area contributed by atoms with Gasteiger partial charge in [0, 0.05) is 24.5 Å². The molecule has 0 fully saturated rings. The Morgan fingerprint density at radius 3 is 1.87 bits per heavy atom. The van der Waals surface area contributed by atoms with Crippen molar-refractivity contribution in [3.63, 3.8) is 0 Å². The van der Waals surface area contributed by atoms with E-state index in [9.17, 15) is 0 Å². The van der Waals surface area contributed by atoms with E-state index in [4.69, 9.17) is 0 Å². The quantitative estimate of drug-likeness (QED) is 0.766. The molecular formula is C20H20N3+. The molecule has 3 heteroatoms. The average molecular weight is 302 g/mol. The highest BCUT2D eigenvalue weighted by Crippen LogP contribution is 1.97. The molecule has 0 radical (unpaired) electrons. The SMILES string of the molecule is C(/C=C/C=C/C=C/c1ncc[nH]1)=C\C=C\C=C\c1cc[nH+]cc1. The molecule has 0 bridgehead atoms. The maximum Gasteiger partial charge on any atom is 0.167 e. The van der Waals surface area contributed by atoms with Gasteiger partial charge in [0.2, 0.25) is 0 Å². The van der Waals surface area contributed by atoms with Crippen molar-refractivity contribution in [1.82, 2.24) is 9.97 Å². The number of H-pyrrole nitrogens is 2. The van der Waals surface area contributed by atoms with Crippen LogP contribution in [0.2, 0.25) is 0 Å². The Morgan fingerprint density at radius 1 is 0.739 bits per heavy atom. The van der Waals surface area contributed by atoms with E-state index in [1.165, 1.54) is 5.56 Å². The summed E-state index contributed by atoms with van der Waals surface area (Å²) in [6, 6.07) is 4.05. The van der Waals surface area contributed by atoms with Gasteiger partial charge < -0.3 is 4.98 Å². The summed E-state index contributed by atoms with van der Waals surface area (Å²) in [7, 11) is 0. The van der Waals surface area contributed by atoms with E-state index in [0.717, 1.165) is 5.82 Å². The van der Waals surface area contributed by atoms with Crippen molar-refractivity contribution < 1.29 is 4.98 Å². The van der Waals surface area contributed by atoms with Gasteiger partial charge in [-0.3, -0.25) is 0 Å². The van der Waals surface area contributed by atoms with Crippen LogP contribution >= 0.6 is 0 Å². The van der Waals surface area contributed by atoms with Crippen LogP contribution in [0.15, 0.2) is 97.7 Å². The van der Waals surface area contributed by atoms with Crippen molar-refractivity contribution in [2.24, 2.45) is 0 Å². The second-order valence-electron chi connectivity index (χ2n) is 4.57. The van der Waals surface area contributed by atoms with Crippen molar-refractivity contribution in [3.8, 4) is 0 Å². The number of nitrogens with zero attached hydrogens (tertiary/aromatic N) is 1. The Kier molecular flexibility index (Phi) is 7.40. The standard InChI is InChI=1S/C20H19N3/c1(2-4-6-8-10-12-20-22-17-18-23-20)3-5-7-9-11-19-13-15-21-16-14-19/h1-18H,(H,22,23)/p+1/b3-1+,4-2+,7-5+,8-6+,11-9+,12-10+. The minimum absolute atomic E-state index is 0.852. The molecule has 23 heavy (non-hydrogen) atoms. The molecule has 0 spiro atoms. The van der Waals surface area contributed by atoms with Crippen molar-refractivity contribution in [1.29, 1.82) is 0 Å². The maximum absolute atomic E-state index is 4.10. The number of aromatic amines is 2. The first-order chi connectivity index (χ1) is 11.4. The Bertz CT molecular complexity index is 716. The number of imidazole rings is 1. The van der Waals surface area contributed by atoms with Gasteiger partial charge in [0.1, 0.15) is 5.82 Å². The zero-order valence-electron chi connectivity index (χ0n) is 12.8. The first kappa shape index (κ1) is 16.2. The lowest BCUT2D eigenvalue weighted by molar-refractivity contribution is -0.378. The van der Waals surface area contributed by atoms with Crippen molar-refractivity contribution >= 4 is 12.2 Å². The summed E-state index contributed by atoms with van der Waals surface area (Å²) in [5.41, 5.74) is 1.17. The van der Waals surface area contributed by atoms with Gasteiger partial charge in [-0.05, 0) is 11.6 Å². The molecule has 0 amide bonds. The fraction of sp³-hybridized carbons (Fsp3) is 0. The molecule has 2 heterocycles. The summed E-state index contributed by atoms with van der Waals surface area (Å²) in [4.78, 5) is 10.1. The fourth-order valence-electron chi connectivity index (χ4n) is 1.71. The van der Waals surface area contributed by atoms with E-state index >= 15 is 0 Å². The molecule has 2 aromatic heterocycles. The van der Waals surface area contributed by atoms with Crippen LogP contribution in [0.1, 0.15) is 11.4 Å². The minimum atomic E-state index is 0.852. The van der Waals surface area contributed by atoms with Crippen molar-refractivity contribution in [2.75, 3.05) is 0 Å². The van der Waals surface area contributed by atoms with Crippen LogP contribution in [0.3, 0.4) is 0 Å². The number of hydrogen-bond donors (Lipinski definition) is 1. The number of nitrogens with one attached hydrogen (secondary N) is 2. The van der Waals surface area contributed by atoms with Gasteiger partial charge in [-0.2, -0.15) is 0 Å². The van der Waals surface area contributed by atoms with E-state index in [1.807, 2.05) is 91.4 Å². The first-order valence-electron chi connectivity index (χ1n) is 7.42. The van der Waals surface area contributed by atoms with Crippen LogP contribution in [0.4, 0.5) is 0 Å². The number of pyridine rings is 1. The van der Waals surface area contributed by atoms with Crippen LogP contribution < -0.4 is 4.98 Å². The van der Waals surface area contributed by atoms with Gasteiger partial charge in [0.25, 0.3) is 0 Å². The lowest BCUT2D eigenvalue weighted by atomic mass is 10.2. The summed E-state index contributed by atoms with van der Waals surface area (Å²) in [6.45, 7) is 0. The number of hydrogen-bond acceptors (Lipinski definition) is 1. The van der Waals surface area contributed by atoms with Gasteiger partial charge in [0.05, 0.1) is 0 Å². The highest BCUT2D eigenvalue weighted by atomic mass is 14.9. The number of aromatic nitrogens is 3. The molecule has 0 atom stereocenters. The zero-order valence-corrected chi connectivity index (χ0v) is 12.8. The Balaban J connectivity index is 1.66. The van der Waals surface area contributed by atoms with Gasteiger partial charge in [-0.25, -0.2) is 9.97 Å². The largest absolute Gasteiger partial charge is 0.345 e. The Hall–Kier alpha value is -3.20. The second-order valence-corrected chi connectivity index (χ2v) is 4.57. The number of rotatable bonds is 7. The molecule has 0 aromatic carbocycles. The zero-order chi connectivity index (χ0) is 16.0. The van der Waals surface area contributed by atoms with E-state index in [2.05, 4.69) is 21.0 Å². The van der Waals surface area contributed by atoms with E-state index in [-0.39, 0.29) is 0 Å². The summed E-state index contributed by atoms with van der Waals surface area (Å²) in [5.74, 6) is 0.852. The predicted molar refractivity (Wildman–Crippen MR) is 96.2 cm³/mol. The van der Waals surface area contributed by atoms with Crippen LogP contribution in [0, 0.1) is 0 Å². The molecule has 2 N–H and O–H groups in total. The monoisotopic (exact) mass is 302 g/mol. The number of allylic oxidation sites excluding steroid dienone is 10. The third kappa shape index (κ3) is 7.39. The molecule has 114 valence electrons. The van der Waals surface area contributed by atoms with Crippen LogP contribution in [-0.4, -0.2) is 9.97 Å². The van der Waals surface area contributed by atoms with Gasteiger partial charge in [0.15, 0.2) is 12.4 Å². The summed E-state index contributed by atoms with van der Waals surface area (Å²) >= 11 is 0. The predicted octanol–water partition coefficient (Wildman–Crippen LogP) is 4.18. The normalized spacial score (nSPS) is 13.0. The highest BCUT2D eigenvalue weighted by molar-refractivity contribution is 5.49. The molecule has 2 aromatic rings. The van der Waals surface area contributed by atoms with Crippen LogP contribution in [-0.2, 0) is 0 Å². The lowest BCUT2D eigenvalue weighted by Gasteiger charge is -1.84. The molecule has 0 aliphatic heterocycles.